The first kappa shape index (κ1) is 18.9. The Morgan fingerprint density at radius 1 is 1.21 bits per heavy atom. The summed E-state index contributed by atoms with van der Waals surface area (Å²) in [6.45, 7) is 2.47. The smallest absolute Gasteiger partial charge is 0.265 e. The summed E-state index contributed by atoms with van der Waals surface area (Å²) < 4.78 is 29.6. The number of benzene rings is 1. The highest BCUT2D eigenvalue weighted by Crippen LogP contribution is 2.35. The highest BCUT2D eigenvalue weighted by atomic mass is 32.2. The van der Waals surface area contributed by atoms with Crippen LogP contribution < -0.4 is 5.48 Å². The number of aryl methyl sites for hydroxylation is 1. The van der Waals surface area contributed by atoms with Crippen molar-refractivity contribution in [3.05, 3.63) is 29.8 Å². The molecule has 0 bridgehead atoms. The van der Waals surface area contributed by atoms with Gasteiger partial charge in [0.2, 0.25) is 0 Å². The summed E-state index contributed by atoms with van der Waals surface area (Å²) in [5.74, 6) is -0.891. The number of nitrogens with one attached hydrogen (secondary N) is 1. The molecule has 1 aliphatic rings. The molecule has 0 unspecified atom stereocenters. The molecule has 1 aromatic rings. The zero-order valence-electron chi connectivity index (χ0n) is 14.0. The normalized spacial score (nSPS) is 17.4. The number of unbranched alkanes of at least 4 members (excludes halogenated alkanes) is 2. The van der Waals surface area contributed by atoms with Crippen molar-refractivity contribution < 1.29 is 23.2 Å². The molecular weight excluding hydrogens is 330 g/mol. The highest BCUT2D eigenvalue weighted by molar-refractivity contribution is 7.93. The quantitative estimate of drug-likeness (QED) is 0.444. The summed E-state index contributed by atoms with van der Waals surface area (Å²) in [7, 11) is -3.93. The Bertz CT molecular complexity index is 648. The third-order valence-electron chi connectivity index (χ3n) is 4.63. The molecule has 2 N–H and O–H groups in total. The van der Waals surface area contributed by atoms with Gasteiger partial charge in [0.15, 0.2) is 14.6 Å². The van der Waals surface area contributed by atoms with E-state index in [1.54, 1.807) is 24.3 Å². The molecule has 7 heteroatoms. The summed E-state index contributed by atoms with van der Waals surface area (Å²) in [6, 6.07) is 6.70. The molecule has 2 rings (SSSR count). The van der Waals surface area contributed by atoms with Gasteiger partial charge in [-0.3, -0.25) is 10.0 Å². The molecule has 0 aromatic heterocycles. The average molecular weight is 355 g/mol. The van der Waals surface area contributed by atoms with Gasteiger partial charge >= 0.3 is 0 Å². The Morgan fingerprint density at radius 3 is 2.38 bits per heavy atom. The van der Waals surface area contributed by atoms with Gasteiger partial charge in [-0.1, -0.05) is 31.9 Å². The van der Waals surface area contributed by atoms with Crippen LogP contribution in [0, 0.1) is 0 Å². The van der Waals surface area contributed by atoms with Gasteiger partial charge < -0.3 is 4.74 Å². The fraction of sp³-hybridized carbons (Fsp3) is 0.588. The molecule has 1 aromatic carbocycles. The minimum Gasteiger partial charge on any atom is -0.381 e. The maximum atomic E-state index is 13.1. The third-order valence-corrected chi connectivity index (χ3v) is 7.15. The summed E-state index contributed by atoms with van der Waals surface area (Å²) in [5, 5.41) is 9.02. The van der Waals surface area contributed by atoms with Gasteiger partial charge in [-0.05, 0) is 43.4 Å². The number of ether oxygens (including phenoxy) is 1. The highest BCUT2D eigenvalue weighted by Gasteiger charge is 2.52. The number of hydroxylamine groups is 1. The van der Waals surface area contributed by atoms with Gasteiger partial charge in [0.25, 0.3) is 5.91 Å². The van der Waals surface area contributed by atoms with E-state index in [0.717, 1.165) is 31.2 Å². The number of amides is 1. The molecule has 0 saturated carbocycles. The molecule has 6 nitrogen and oxygen atoms in total. The number of hydrogen-bond donors (Lipinski definition) is 2. The Kier molecular flexibility index (Phi) is 6.37. The van der Waals surface area contributed by atoms with Crippen molar-refractivity contribution in [2.24, 2.45) is 0 Å². The van der Waals surface area contributed by atoms with E-state index >= 15 is 0 Å². The molecule has 1 heterocycles. The van der Waals surface area contributed by atoms with Crippen molar-refractivity contribution in [2.45, 2.75) is 55.1 Å². The van der Waals surface area contributed by atoms with Gasteiger partial charge in [0.05, 0.1) is 4.90 Å². The maximum absolute atomic E-state index is 13.1. The lowest BCUT2D eigenvalue weighted by atomic mass is 9.98. The summed E-state index contributed by atoms with van der Waals surface area (Å²) >= 11 is 0. The minimum atomic E-state index is -3.93. The lowest BCUT2D eigenvalue weighted by molar-refractivity contribution is -0.134. The standard InChI is InChI=1S/C17H25NO5S/c1-2-3-4-5-14-6-8-15(9-7-14)24(21,22)17(16(19)18-20)10-12-23-13-11-17/h6-9,20H,2-5,10-13H2,1H3,(H,18,19). The van der Waals surface area contributed by atoms with Gasteiger partial charge in [-0.2, -0.15) is 0 Å². The van der Waals surface area contributed by atoms with Gasteiger partial charge in [0.1, 0.15) is 0 Å². The second-order valence-corrected chi connectivity index (χ2v) is 8.41. The summed E-state index contributed by atoms with van der Waals surface area (Å²) in [4.78, 5) is 12.3. The molecular formula is C17H25NO5S. The predicted molar refractivity (Wildman–Crippen MR) is 89.6 cm³/mol. The van der Waals surface area contributed by atoms with Crippen LogP contribution in [0.2, 0.25) is 0 Å². The molecule has 0 atom stereocenters. The lowest BCUT2D eigenvalue weighted by Crippen LogP contribution is -2.54. The van der Waals surface area contributed by atoms with E-state index in [4.69, 9.17) is 9.94 Å². The molecule has 134 valence electrons. The van der Waals surface area contributed by atoms with Crippen molar-refractivity contribution in [3.63, 3.8) is 0 Å². The largest absolute Gasteiger partial charge is 0.381 e. The van der Waals surface area contributed by atoms with E-state index in [9.17, 15) is 13.2 Å². The van der Waals surface area contributed by atoms with Crippen LogP contribution in [0.5, 0.6) is 0 Å². The van der Waals surface area contributed by atoms with E-state index in [0.29, 0.717) is 0 Å². The number of carbonyl (C=O) groups excluding carboxylic acids is 1. The average Bonchev–Trinajstić information content (AvgIpc) is 2.62. The second kappa shape index (κ2) is 8.09. The van der Waals surface area contributed by atoms with Crippen LogP contribution in [0.1, 0.15) is 44.6 Å². The fourth-order valence-electron chi connectivity index (χ4n) is 3.06. The third kappa shape index (κ3) is 3.63. The monoisotopic (exact) mass is 355 g/mol. The van der Waals surface area contributed by atoms with E-state index in [-0.39, 0.29) is 31.0 Å². The molecule has 0 aliphatic carbocycles. The Hall–Kier alpha value is -1.44. The van der Waals surface area contributed by atoms with Crippen molar-refractivity contribution in [3.8, 4) is 0 Å². The van der Waals surface area contributed by atoms with Gasteiger partial charge in [-0.25, -0.2) is 13.9 Å². The van der Waals surface area contributed by atoms with Gasteiger partial charge in [-0.15, -0.1) is 0 Å². The first-order valence-electron chi connectivity index (χ1n) is 8.34. The molecule has 1 fully saturated rings. The SMILES string of the molecule is CCCCCc1ccc(S(=O)(=O)C2(C(=O)NO)CCOCC2)cc1. The second-order valence-electron chi connectivity index (χ2n) is 6.15. The van der Waals surface area contributed by atoms with Crippen molar-refractivity contribution >= 4 is 15.7 Å². The number of hydrogen-bond acceptors (Lipinski definition) is 5. The lowest BCUT2D eigenvalue weighted by Gasteiger charge is -2.34. The van der Waals surface area contributed by atoms with E-state index < -0.39 is 20.5 Å². The van der Waals surface area contributed by atoms with Crippen molar-refractivity contribution in [1.29, 1.82) is 0 Å². The van der Waals surface area contributed by atoms with Crippen LogP contribution in [0.25, 0.3) is 0 Å². The molecule has 24 heavy (non-hydrogen) atoms. The van der Waals surface area contributed by atoms with E-state index in [2.05, 4.69) is 6.92 Å². The topological polar surface area (TPSA) is 92.7 Å². The summed E-state index contributed by atoms with van der Waals surface area (Å²) in [6.07, 6.45) is 4.30. The predicted octanol–water partition coefficient (Wildman–Crippen LogP) is 2.25. The molecule has 0 radical (unpaired) electrons. The molecule has 0 spiro atoms. The van der Waals surface area contributed by atoms with E-state index in [1.807, 2.05) is 0 Å². The Balaban J connectivity index is 2.28. The summed E-state index contributed by atoms with van der Waals surface area (Å²) in [5.41, 5.74) is 2.60. The maximum Gasteiger partial charge on any atom is 0.265 e. The molecule has 1 amide bonds. The molecule has 1 saturated heterocycles. The van der Waals surface area contributed by atoms with E-state index in [1.165, 1.54) is 5.48 Å². The number of sulfone groups is 1. The van der Waals surface area contributed by atoms with Crippen molar-refractivity contribution in [2.75, 3.05) is 13.2 Å². The number of carbonyl (C=O) groups is 1. The molecule has 1 aliphatic heterocycles. The van der Waals surface area contributed by atoms with Crippen LogP contribution in [0.4, 0.5) is 0 Å². The van der Waals surface area contributed by atoms with Crippen LogP contribution in [-0.2, 0) is 25.8 Å². The minimum absolute atomic E-state index is 0.0278. The zero-order valence-corrected chi connectivity index (χ0v) is 14.8. The van der Waals surface area contributed by atoms with Crippen molar-refractivity contribution in [1.82, 2.24) is 5.48 Å². The Labute approximate surface area is 143 Å². The zero-order chi connectivity index (χ0) is 17.6. The van der Waals surface area contributed by atoms with Gasteiger partial charge in [0, 0.05) is 13.2 Å². The van der Waals surface area contributed by atoms with Crippen LogP contribution in [0.15, 0.2) is 29.2 Å². The first-order chi connectivity index (χ1) is 11.5. The van der Waals surface area contributed by atoms with Crippen LogP contribution in [-0.4, -0.2) is 37.5 Å². The Morgan fingerprint density at radius 2 is 1.83 bits per heavy atom. The first-order valence-corrected chi connectivity index (χ1v) is 9.82. The van der Waals surface area contributed by atoms with Crippen LogP contribution in [0.3, 0.4) is 0 Å². The fourth-order valence-corrected chi connectivity index (χ4v) is 5.00. The number of rotatable bonds is 7. The van der Waals surface area contributed by atoms with Crippen LogP contribution >= 0.6 is 0 Å².